The smallest absolute Gasteiger partial charge is 0.253 e. The van der Waals surface area contributed by atoms with Crippen LogP contribution in [0.1, 0.15) is 43.5 Å². The van der Waals surface area contributed by atoms with E-state index in [0.29, 0.717) is 23.6 Å². The number of hydrogen-bond donors (Lipinski definition) is 2. The number of nitrogens with one attached hydrogen (secondary N) is 2. The predicted molar refractivity (Wildman–Crippen MR) is 109 cm³/mol. The van der Waals surface area contributed by atoms with Gasteiger partial charge in [-0.1, -0.05) is 13.8 Å². The molecule has 0 spiro atoms. The van der Waals surface area contributed by atoms with Crippen molar-refractivity contribution in [2.45, 2.75) is 33.1 Å². The van der Waals surface area contributed by atoms with Crippen LogP contribution < -0.4 is 10.0 Å². The SMILES string of the molecule is CCCS(=O)(=O)Nc1ccc(C(=O)N2CCC(CNCC)CC2)cc1.Cl. The number of halogens is 1. The fourth-order valence-electron chi connectivity index (χ4n) is 3.05. The number of carbonyl (C=O) groups is 1. The number of hydrogen-bond acceptors (Lipinski definition) is 4. The Morgan fingerprint density at radius 3 is 2.31 bits per heavy atom. The second-order valence-electron chi connectivity index (χ2n) is 6.54. The van der Waals surface area contributed by atoms with Gasteiger partial charge in [0, 0.05) is 24.3 Å². The first-order valence-corrected chi connectivity index (χ1v) is 10.7. The molecule has 1 aliphatic heterocycles. The Morgan fingerprint density at radius 2 is 1.77 bits per heavy atom. The Kier molecular flexibility index (Phi) is 9.39. The van der Waals surface area contributed by atoms with E-state index in [2.05, 4.69) is 17.0 Å². The van der Waals surface area contributed by atoms with Gasteiger partial charge in [0.25, 0.3) is 5.91 Å². The molecule has 0 saturated carbocycles. The van der Waals surface area contributed by atoms with E-state index in [1.165, 1.54) is 0 Å². The summed E-state index contributed by atoms with van der Waals surface area (Å²) in [6.07, 6.45) is 2.61. The zero-order valence-electron chi connectivity index (χ0n) is 15.5. The van der Waals surface area contributed by atoms with Crippen molar-refractivity contribution in [2.75, 3.05) is 36.7 Å². The number of piperidine rings is 1. The lowest BCUT2D eigenvalue weighted by atomic mass is 9.96. The lowest BCUT2D eigenvalue weighted by Crippen LogP contribution is -2.40. The molecule has 1 aromatic carbocycles. The Morgan fingerprint density at radius 1 is 1.15 bits per heavy atom. The van der Waals surface area contributed by atoms with Gasteiger partial charge in [0.15, 0.2) is 0 Å². The second kappa shape index (κ2) is 10.7. The fraction of sp³-hybridized carbons (Fsp3) is 0.611. The van der Waals surface area contributed by atoms with Crippen molar-refractivity contribution in [3.8, 4) is 0 Å². The van der Waals surface area contributed by atoms with Crippen LogP contribution in [-0.2, 0) is 10.0 Å². The molecule has 0 unspecified atom stereocenters. The van der Waals surface area contributed by atoms with Crippen LogP contribution in [0.15, 0.2) is 24.3 Å². The van der Waals surface area contributed by atoms with Crippen LogP contribution in [0.5, 0.6) is 0 Å². The maximum absolute atomic E-state index is 12.6. The maximum Gasteiger partial charge on any atom is 0.253 e. The Balaban J connectivity index is 0.00000338. The molecule has 26 heavy (non-hydrogen) atoms. The molecule has 0 bridgehead atoms. The molecular weight excluding hydrogens is 374 g/mol. The van der Waals surface area contributed by atoms with Gasteiger partial charge in [-0.2, -0.15) is 0 Å². The van der Waals surface area contributed by atoms with Crippen molar-refractivity contribution in [3.05, 3.63) is 29.8 Å². The molecule has 0 aliphatic carbocycles. The summed E-state index contributed by atoms with van der Waals surface area (Å²) in [7, 11) is -3.30. The van der Waals surface area contributed by atoms with Crippen LogP contribution in [0.25, 0.3) is 0 Å². The number of amides is 1. The van der Waals surface area contributed by atoms with Crippen molar-refractivity contribution >= 4 is 34.0 Å². The summed E-state index contributed by atoms with van der Waals surface area (Å²) in [5, 5.41) is 3.37. The van der Waals surface area contributed by atoms with Crippen molar-refractivity contribution in [1.82, 2.24) is 10.2 Å². The molecule has 0 atom stereocenters. The third kappa shape index (κ3) is 6.78. The first-order valence-electron chi connectivity index (χ1n) is 9.05. The molecule has 1 aliphatic rings. The summed E-state index contributed by atoms with van der Waals surface area (Å²) in [5.41, 5.74) is 1.10. The number of nitrogens with zero attached hydrogens (tertiary/aromatic N) is 1. The largest absolute Gasteiger partial charge is 0.339 e. The number of benzene rings is 1. The normalized spacial score (nSPS) is 15.4. The van der Waals surface area contributed by atoms with E-state index in [4.69, 9.17) is 0 Å². The number of likely N-dealkylation sites (tertiary alicyclic amines) is 1. The van der Waals surface area contributed by atoms with E-state index in [0.717, 1.165) is 39.0 Å². The second-order valence-corrected chi connectivity index (χ2v) is 8.38. The number of carbonyl (C=O) groups excluding carboxylic acids is 1. The van der Waals surface area contributed by atoms with Gasteiger partial charge in [-0.05, 0) is 62.5 Å². The number of anilines is 1. The van der Waals surface area contributed by atoms with Crippen molar-refractivity contribution in [1.29, 1.82) is 0 Å². The molecule has 8 heteroatoms. The predicted octanol–water partition coefficient (Wildman–Crippen LogP) is 2.72. The average molecular weight is 404 g/mol. The lowest BCUT2D eigenvalue weighted by molar-refractivity contribution is 0.0690. The third-order valence-corrected chi connectivity index (χ3v) is 5.96. The van der Waals surface area contributed by atoms with Crippen LogP contribution >= 0.6 is 12.4 Å². The van der Waals surface area contributed by atoms with Crippen LogP contribution in [0.4, 0.5) is 5.69 Å². The van der Waals surface area contributed by atoms with E-state index in [9.17, 15) is 13.2 Å². The van der Waals surface area contributed by atoms with Gasteiger partial charge in [-0.25, -0.2) is 8.42 Å². The van der Waals surface area contributed by atoms with Gasteiger partial charge >= 0.3 is 0 Å². The minimum Gasteiger partial charge on any atom is -0.339 e. The van der Waals surface area contributed by atoms with E-state index < -0.39 is 10.0 Å². The van der Waals surface area contributed by atoms with Gasteiger partial charge in [0.05, 0.1) is 5.75 Å². The highest BCUT2D eigenvalue weighted by Crippen LogP contribution is 2.19. The zero-order valence-corrected chi connectivity index (χ0v) is 17.2. The number of rotatable bonds is 8. The van der Waals surface area contributed by atoms with Crippen LogP contribution in [0, 0.1) is 5.92 Å². The third-order valence-electron chi connectivity index (χ3n) is 4.46. The minimum atomic E-state index is -3.30. The summed E-state index contributed by atoms with van der Waals surface area (Å²) >= 11 is 0. The minimum absolute atomic E-state index is 0. The van der Waals surface area contributed by atoms with E-state index >= 15 is 0 Å². The van der Waals surface area contributed by atoms with Gasteiger partial charge in [0.2, 0.25) is 10.0 Å². The van der Waals surface area contributed by atoms with Crippen LogP contribution in [-0.4, -0.2) is 51.2 Å². The molecule has 1 fully saturated rings. The van der Waals surface area contributed by atoms with E-state index in [1.807, 2.05) is 11.8 Å². The molecule has 6 nitrogen and oxygen atoms in total. The summed E-state index contributed by atoms with van der Waals surface area (Å²) < 4.78 is 26.1. The van der Waals surface area contributed by atoms with Crippen LogP contribution in [0.3, 0.4) is 0 Å². The van der Waals surface area contributed by atoms with Crippen molar-refractivity contribution in [2.24, 2.45) is 5.92 Å². The Labute approximate surface area is 163 Å². The molecule has 2 N–H and O–H groups in total. The van der Waals surface area contributed by atoms with Gasteiger partial charge < -0.3 is 10.2 Å². The quantitative estimate of drug-likeness (QED) is 0.699. The highest BCUT2D eigenvalue weighted by molar-refractivity contribution is 7.92. The van der Waals surface area contributed by atoms with Crippen molar-refractivity contribution in [3.63, 3.8) is 0 Å². The molecule has 148 valence electrons. The topological polar surface area (TPSA) is 78.5 Å². The first-order chi connectivity index (χ1) is 11.9. The highest BCUT2D eigenvalue weighted by atomic mass is 35.5. The van der Waals surface area contributed by atoms with E-state index in [1.54, 1.807) is 24.3 Å². The molecule has 1 saturated heterocycles. The Hall–Kier alpha value is -1.31. The molecule has 2 rings (SSSR count). The van der Waals surface area contributed by atoms with Crippen molar-refractivity contribution < 1.29 is 13.2 Å². The molecule has 0 radical (unpaired) electrons. The lowest BCUT2D eigenvalue weighted by Gasteiger charge is -2.32. The first kappa shape index (κ1) is 22.7. The van der Waals surface area contributed by atoms with E-state index in [-0.39, 0.29) is 24.1 Å². The monoisotopic (exact) mass is 403 g/mol. The summed E-state index contributed by atoms with van der Waals surface area (Å²) in [6, 6.07) is 6.68. The average Bonchev–Trinajstić information content (AvgIpc) is 2.60. The van der Waals surface area contributed by atoms with Gasteiger partial charge in [0.1, 0.15) is 0 Å². The van der Waals surface area contributed by atoms with Gasteiger partial charge in [-0.15, -0.1) is 12.4 Å². The molecule has 1 amide bonds. The maximum atomic E-state index is 12.6. The molecule has 1 heterocycles. The summed E-state index contributed by atoms with van der Waals surface area (Å²) in [5.74, 6) is 0.749. The highest BCUT2D eigenvalue weighted by Gasteiger charge is 2.23. The summed E-state index contributed by atoms with van der Waals surface area (Å²) in [4.78, 5) is 14.5. The molecular formula is C18H30ClN3O3S. The van der Waals surface area contributed by atoms with Crippen LogP contribution in [0.2, 0.25) is 0 Å². The Bertz CT molecular complexity index is 657. The summed E-state index contributed by atoms with van der Waals surface area (Å²) in [6.45, 7) is 7.48. The number of sulfonamides is 1. The van der Waals surface area contributed by atoms with Gasteiger partial charge in [-0.3, -0.25) is 9.52 Å². The fourth-order valence-corrected chi connectivity index (χ4v) is 4.19. The zero-order chi connectivity index (χ0) is 18.3. The molecule has 1 aromatic rings. The molecule has 0 aromatic heterocycles. The standard InChI is InChI=1S/C18H29N3O3S.ClH/c1-3-13-25(23,24)20-17-7-5-16(6-8-17)18(22)21-11-9-15(10-12-21)14-19-4-2;/h5-8,15,19-20H,3-4,9-14H2,1-2H3;1H.